The zero-order valence-electron chi connectivity index (χ0n) is 26.1. The Hall–Kier alpha value is -4.39. The summed E-state index contributed by atoms with van der Waals surface area (Å²) in [6.45, 7) is 1.74. The molecule has 10 nitrogen and oxygen atoms in total. The van der Waals surface area contributed by atoms with E-state index in [9.17, 15) is 24.0 Å². The lowest BCUT2D eigenvalue weighted by molar-refractivity contribution is -0.123. The molecule has 3 fully saturated rings. The van der Waals surface area contributed by atoms with E-state index in [4.69, 9.17) is 21.1 Å². The van der Waals surface area contributed by atoms with Gasteiger partial charge in [-0.05, 0) is 85.7 Å². The number of aromatic amines is 1. The summed E-state index contributed by atoms with van der Waals surface area (Å²) in [5.74, 6) is -2.20. The number of thioether (sulfide) groups is 1. The Bertz CT molecular complexity index is 2050. The van der Waals surface area contributed by atoms with E-state index in [1.54, 1.807) is 67.2 Å². The number of esters is 1. The molecule has 0 radical (unpaired) electrons. The number of halogens is 1. The van der Waals surface area contributed by atoms with Crippen molar-refractivity contribution in [2.24, 2.45) is 29.6 Å². The molecule has 3 aromatic carbocycles. The molecule has 3 amide bonds. The number of rotatable bonds is 8. The van der Waals surface area contributed by atoms with Crippen molar-refractivity contribution < 1.29 is 28.7 Å². The summed E-state index contributed by atoms with van der Waals surface area (Å²) < 4.78 is 11.2. The second-order valence-corrected chi connectivity index (χ2v) is 15.3. The highest BCUT2D eigenvalue weighted by Crippen LogP contribution is 2.69. The number of thiazole rings is 1. The molecule has 7 atom stereocenters. The van der Waals surface area contributed by atoms with Gasteiger partial charge in [-0.15, -0.1) is 11.8 Å². The molecule has 1 saturated heterocycles. The number of hydrogen-bond acceptors (Lipinski definition) is 9. The van der Waals surface area contributed by atoms with Crippen molar-refractivity contribution in [1.82, 2.24) is 4.98 Å². The molecule has 3 heterocycles. The fourth-order valence-corrected chi connectivity index (χ4v) is 11.3. The molecule has 2 aliphatic heterocycles. The third kappa shape index (κ3) is 5.37. The third-order valence-corrected chi connectivity index (χ3v) is 12.9. The molecule has 2 N–H and O–H groups in total. The first-order valence-electron chi connectivity index (χ1n) is 16.0. The van der Waals surface area contributed by atoms with Gasteiger partial charge in [0.25, 0.3) is 5.91 Å². The lowest BCUT2D eigenvalue weighted by atomic mass is 9.68. The second-order valence-electron chi connectivity index (χ2n) is 12.6. The number of benzene rings is 3. The highest BCUT2D eigenvalue weighted by atomic mass is 35.5. The van der Waals surface area contributed by atoms with Crippen molar-refractivity contribution in [2.45, 2.75) is 29.5 Å². The Morgan fingerprint density at radius 1 is 0.959 bits per heavy atom. The van der Waals surface area contributed by atoms with Gasteiger partial charge in [0.15, 0.2) is 6.61 Å². The van der Waals surface area contributed by atoms with Crippen LogP contribution in [0, 0.1) is 29.6 Å². The van der Waals surface area contributed by atoms with E-state index in [-0.39, 0.29) is 64.7 Å². The number of imide groups is 1. The van der Waals surface area contributed by atoms with Crippen LogP contribution in [0.3, 0.4) is 0 Å². The summed E-state index contributed by atoms with van der Waals surface area (Å²) >= 11 is 8.73. The molecule has 2 aliphatic carbocycles. The number of fused-ring (bicyclic) bond motifs is 9. The SMILES string of the molecule is CCOC(=O)c1ccc(N2C(=O)C3C(C2=O)[C@@H]2C[C@H]3C3Sc4[nH]c(=O)sc4[C@H](c4ccccc4OCC(=O)Nc4ccc(Cl)cc4)C32)cc1. The number of amides is 3. The number of carbonyl (C=O) groups is 4. The van der Waals surface area contributed by atoms with Gasteiger partial charge in [-0.1, -0.05) is 41.1 Å². The van der Waals surface area contributed by atoms with Crippen molar-refractivity contribution in [2.75, 3.05) is 23.4 Å². The number of aromatic nitrogens is 1. The minimum Gasteiger partial charge on any atom is -0.483 e. The van der Waals surface area contributed by atoms with Crippen LogP contribution < -0.4 is 19.8 Å². The van der Waals surface area contributed by atoms with Crippen molar-refractivity contribution in [3.63, 3.8) is 0 Å². The van der Waals surface area contributed by atoms with Crippen molar-refractivity contribution >= 4 is 69.8 Å². The molecule has 0 spiro atoms. The van der Waals surface area contributed by atoms with Gasteiger partial charge >= 0.3 is 10.8 Å². The third-order valence-electron chi connectivity index (χ3n) is 10.1. The van der Waals surface area contributed by atoms with Gasteiger partial charge in [-0.25, -0.2) is 4.79 Å². The van der Waals surface area contributed by atoms with Crippen LogP contribution in [-0.2, 0) is 19.1 Å². The summed E-state index contributed by atoms with van der Waals surface area (Å²) in [4.78, 5) is 71.0. The Morgan fingerprint density at radius 3 is 2.41 bits per heavy atom. The van der Waals surface area contributed by atoms with Gasteiger partial charge in [-0.3, -0.25) is 24.1 Å². The summed E-state index contributed by atoms with van der Waals surface area (Å²) in [5.41, 5.74) is 2.21. The van der Waals surface area contributed by atoms with E-state index < -0.39 is 17.8 Å². The lowest BCUT2D eigenvalue weighted by Gasteiger charge is -2.43. The number of para-hydroxylation sites is 1. The average Bonchev–Trinajstić information content (AvgIpc) is 3.84. The van der Waals surface area contributed by atoms with Gasteiger partial charge in [-0.2, -0.15) is 0 Å². The summed E-state index contributed by atoms with van der Waals surface area (Å²) in [6, 6.07) is 20.7. The largest absolute Gasteiger partial charge is 0.483 e. The normalized spacial score (nSPS) is 26.2. The predicted octanol–water partition coefficient (Wildman–Crippen LogP) is 5.96. The maximum atomic E-state index is 14.2. The average molecular weight is 716 g/mol. The van der Waals surface area contributed by atoms with E-state index >= 15 is 0 Å². The van der Waals surface area contributed by atoms with Crippen LogP contribution in [0.15, 0.2) is 82.6 Å². The summed E-state index contributed by atoms with van der Waals surface area (Å²) in [6.07, 6.45) is 0.729. The first-order chi connectivity index (χ1) is 23.7. The minimum atomic E-state index is -0.498. The number of nitrogens with one attached hydrogen (secondary N) is 2. The van der Waals surface area contributed by atoms with Crippen LogP contribution in [0.25, 0.3) is 0 Å². The zero-order chi connectivity index (χ0) is 34.0. The molecule has 4 unspecified atom stereocenters. The molecule has 4 aliphatic rings. The Balaban J connectivity index is 1.09. The number of nitrogens with zero attached hydrogens (tertiary/aromatic N) is 1. The molecular weight excluding hydrogens is 686 g/mol. The predicted molar refractivity (Wildman–Crippen MR) is 185 cm³/mol. The summed E-state index contributed by atoms with van der Waals surface area (Å²) in [7, 11) is 0. The zero-order valence-corrected chi connectivity index (χ0v) is 28.5. The second kappa shape index (κ2) is 12.5. The molecular formula is C36H30ClN3O7S2. The number of H-pyrrole nitrogens is 1. The van der Waals surface area contributed by atoms with Gasteiger partial charge in [0, 0.05) is 32.3 Å². The van der Waals surface area contributed by atoms with E-state index in [0.717, 1.165) is 33.2 Å². The van der Waals surface area contributed by atoms with Crippen LogP contribution in [0.2, 0.25) is 5.02 Å². The Labute approximate surface area is 294 Å². The molecule has 2 bridgehead atoms. The van der Waals surface area contributed by atoms with Crippen molar-refractivity contribution in [3.05, 3.63) is 103 Å². The first-order valence-corrected chi connectivity index (χ1v) is 18.1. The molecule has 8 rings (SSSR count). The molecule has 4 aromatic rings. The number of anilines is 2. The van der Waals surface area contributed by atoms with Gasteiger partial charge < -0.3 is 19.8 Å². The van der Waals surface area contributed by atoms with Crippen molar-refractivity contribution in [1.29, 1.82) is 0 Å². The molecule has 2 saturated carbocycles. The monoisotopic (exact) mass is 715 g/mol. The van der Waals surface area contributed by atoms with E-state index in [2.05, 4.69) is 10.3 Å². The van der Waals surface area contributed by atoms with Crippen LogP contribution in [-0.4, -0.2) is 47.1 Å². The van der Waals surface area contributed by atoms with Crippen molar-refractivity contribution in [3.8, 4) is 5.75 Å². The molecule has 1 aromatic heterocycles. The van der Waals surface area contributed by atoms with Crippen LogP contribution in [0.5, 0.6) is 5.75 Å². The highest BCUT2D eigenvalue weighted by Gasteiger charge is 2.69. The Morgan fingerprint density at radius 2 is 1.67 bits per heavy atom. The lowest BCUT2D eigenvalue weighted by Crippen LogP contribution is -2.42. The van der Waals surface area contributed by atoms with Crippen LogP contribution in [0.1, 0.15) is 40.1 Å². The minimum absolute atomic E-state index is 0.0156. The van der Waals surface area contributed by atoms with Crippen LogP contribution >= 0.6 is 34.7 Å². The smallest absolute Gasteiger partial charge is 0.338 e. The summed E-state index contributed by atoms with van der Waals surface area (Å²) in [5, 5.41) is 4.14. The van der Waals surface area contributed by atoms with E-state index in [1.165, 1.54) is 4.90 Å². The van der Waals surface area contributed by atoms with E-state index in [0.29, 0.717) is 27.7 Å². The maximum absolute atomic E-state index is 14.2. The topological polar surface area (TPSA) is 135 Å². The number of carbonyl (C=O) groups excluding carboxylic acids is 4. The number of ether oxygens (including phenoxy) is 2. The van der Waals surface area contributed by atoms with Gasteiger partial charge in [0.2, 0.25) is 11.8 Å². The maximum Gasteiger partial charge on any atom is 0.338 e. The standard InChI is InChI=1S/C36H30ClN3O7S2/c1-2-46-35(44)17-7-13-20(14-8-17)40-33(42)28-22-15-23(29(28)34(40)43)30-27(22)26(31-32(48-30)39-36(45)49-31)21-5-3-4-6-24(21)47-16-25(41)38-19-11-9-18(37)10-12-19/h3-14,22-23,26-30H,2,15-16H2,1H3,(H,38,41)(H,39,45)/t22-,23-,26-,27?,28?,29?,30?/m1/s1. The number of hydrogen-bond donors (Lipinski definition) is 2. The van der Waals surface area contributed by atoms with Gasteiger partial charge in [0.1, 0.15) is 5.75 Å². The molecule has 49 heavy (non-hydrogen) atoms. The first kappa shape index (κ1) is 31.9. The van der Waals surface area contributed by atoms with Gasteiger partial charge in [0.05, 0.1) is 34.7 Å². The highest BCUT2D eigenvalue weighted by molar-refractivity contribution is 8.00. The molecule has 250 valence electrons. The molecule has 13 heteroatoms. The Kier molecular flexibility index (Phi) is 8.12. The quantitative estimate of drug-likeness (QED) is 0.169. The fourth-order valence-electron chi connectivity index (χ4n) is 8.32. The fraction of sp³-hybridized carbons (Fsp3) is 0.306. The van der Waals surface area contributed by atoms with E-state index in [1.807, 2.05) is 24.3 Å². The van der Waals surface area contributed by atoms with Crippen LogP contribution in [0.4, 0.5) is 11.4 Å².